The Morgan fingerprint density at radius 2 is 1.82 bits per heavy atom. The maximum atomic E-state index is 14.9. The van der Waals surface area contributed by atoms with E-state index in [0.717, 1.165) is 18.4 Å². The van der Waals surface area contributed by atoms with E-state index >= 15 is 0 Å². The van der Waals surface area contributed by atoms with Gasteiger partial charge in [-0.15, -0.1) is 0 Å². The molecule has 3 aliphatic heterocycles. The van der Waals surface area contributed by atoms with Crippen molar-refractivity contribution in [2.24, 2.45) is 5.41 Å². The first kappa shape index (κ1) is 32.8. The zero-order valence-electron chi connectivity index (χ0n) is 25.8. The Labute approximate surface area is 263 Å². The van der Waals surface area contributed by atoms with E-state index in [1.165, 1.54) is 0 Å². The number of rotatable bonds is 6. The summed E-state index contributed by atoms with van der Waals surface area (Å²) in [6, 6.07) is 1.77. The van der Waals surface area contributed by atoms with Crippen molar-refractivity contribution >= 4 is 38.7 Å². The van der Waals surface area contributed by atoms with Gasteiger partial charge in [-0.2, -0.15) is 23.1 Å². The zero-order valence-corrected chi connectivity index (χ0v) is 27.4. The highest BCUT2D eigenvalue weighted by molar-refractivity contribution is 9.10. The SMILES string of the molecule is CCc1cc2c(N3CCC4(CC3)CN(C(=O)OC(C)(C)C)C4)nc(OC3CCN(C)CC3F)nc2c(OCC(F)(F)F)c1Br. The molecule has 0 saturated carbocycles. The molecule has 14 heteroatoms. The second-order valence-electron chi connectivity index (χ2n) is 13.2. The molecule has 44 heavy (non-hydrogen) atoms. The largest absolute Gasteiger partial charge is 0.481 e. The van der Waals surface area contributed by atoms with Gasteiger partial charge in [-0.1, -0.05) is 6.92 Å². The highest BCUT2D eigenvalue weighted by atomic mass is 79.9. The van der Waals surface area contributed by atoms with Crippen molar-refractivity contribution in [3.8, 4) is 11.8 Å². The molecular formula is C30H40BrF4N5O4. The number of fused-ring (bicyclic) bond motifs is 1. The lowest BCUT2D eigenvalue weighted by Gasteiger charge is -2.53. The van der Waals surface area contributed by atoms with Gasteiger partial charge in [0.15, 0.2) is 12.4 Å². The number of nitrogens with zero attached hydrogens (tertiary/aromatic N) is 5. The minimum absolute atomic E-state index is 0.0380. The quantitative estimate of drug-likeness (QED) is 0.334. The predicted octanol–water partition coefficient (Wildman–Crippen LogP) is 6.15. The van der Waals surface area contributed by atoms with Gasteiger partial charge in [-0.25, -0.2) is 9.18 Å². The second-order valence-corrected chi connectivity index (χ2v) is 14.0. The van der Waals surface area contributed by atoms with Crippen molar-refractivity contribution in [1.29, 1.82) is 0 Å². The van der Waals surface area contributed by atoms with Crippen LogP contribution in [0.3, 0.4) is 0 Å². The summed E-state index contributed by atoms with van der Waals surface area (Å²) in [7, 11) is 1.83. The Morgan fingerprint density at radius 3 is 2.41 bits per heavy atom. The molecule has 2 unspecified atom stereocenters. The average molecular weight is 691 g/mol. The molecule has 244 valence electrons. The molecule has 0 N–H and O–H groups in total. The highest BCUT2D eigenvalue weighted by Gasteiger charge is 2.48. The molecule has 9 nitrogen and oxygen atoms in total. The first-order chi connectivity index (χ1) is 20.6. The summed E-state index contributed by atoms with van der Waals surface area (Å²) < 4.78 is 72.0. The van der Waals surface area contributed by atoms with Crippen LogP contribution in [0.15, 0.2) is 10.5 Å². The van der Waals surface area contributed by atoms with E-state index in [0.29, 0.717) is 61.2 Å². The van der Waals surface area contributed by atoms with Crippen LogP contribution < -0.4 is 14.4 Å². The number of hydrogen-bond acceptors (Lipinski definition) is 8. The van der Waals surface area contributed by atoms with Gasteiger partial charge in [0.05, 0.1) is 4.47 Å². The molecule has 5 rings (SSSR count). The number of carbonyl (C=O) groups is 1. The van der Waals surface area contributed by atoms with Gasteiger partial charge >= 0.3 is 18.3 Å². The number of aromatic nitrogens is 2. The van der Waals surface area contributed by atoms with E-state index in [1.807, 2.05) is 45.7 Å². The molecular weight excluding hydrogens is 650 g/mol. The van der Waals surface area contributed by atoms with Crippen molar-refractivity contribution in [2.75, 3.05) is 57.8 Å². The third kappa shape index (κ3) is 7.27. The van der Waals surface area contributed by atoms with Crippen LogP contribution in [0.2, 0.25) is 0 Å². The van der Waals surface area contributed by atoms with Crippen molar-refractivity contribution in [3.05, 3.63) is 16.1 Å². The molecule has 2 atom stereocenters. The maximum Gasteiger partial charge on any atom is 0.422 e. The maximum absolute atomic E-state index is 14.9. The number of alkyl halides is 4. The molecule has 1 amide bonds. The second kappa shape index (κ2) is 12.3. The van der Waals surface area contributed by atoms with Crippen molar-refractivity contribution in [1.82, 2.24) is 19.8 Å². The molecule has 1 aromatic carbocycles. The lowest BCUT2D eigenvalue weighted by Crippen LogP contribution is -2.62. The standard InChI is InChI=1S/C30H40BrF4N5O4/c1-6-18-13-19-23(24(22(18)31)42-17-30(33,34)35)36-26(43-21-7-10-38(5)14-20(21)32)37-25(19)39-11-8-29(9-12-39)15-40(16-29)27(41)44-28(2,3)4/h13,20-21H,6-12,14-17H2,1-5H3. The Morgan fingerprint density at radius 1 is 1.14 bits per heavy atom. The fourth-order valence-electron chi connectivity index (χ4n) is 6.10. The van der Waals surface area contributed by atoms with Gasteiger partial charge in [0.2, 0.25) is 0 Å². The first-order valence-corrected chi connectivity index (χ1v) is 15.8. The topological polar surface area (TPSA) is 80.3 Å². The molecule has 2 aromatic rings. The van der Waals surface area contributed by atoms with Crippen LogP contribution in [0.1, 0.15) is 52.5 Å². The third-order valence-corrected chi connectivity index (χ3v) is 9.32. The van der Waals surface area contributed by atoms with E-state index < -0.39 is 30.7 Å². The van der Waals surface area contributed by atoms with E-state index in [2.05, 4.69) is 25.8 Å². The van der Waals surface area contributed by atoms with Gasteiger partial charge in [-0.3, -0.25) is 0 Å². The Balaban J connectivity index is 1.45. The fraction of sp³-hybridized carbons (Fsp3) is 0.700. The third-order valence-electron chi connectivity index (χ3n) is 8.45. The van der Waals surface area contributed by atoms with Crippen LogP contribution in [0, 0.1) is 5.41 Å². The molecule has 0 radical (unpaired) electrons. The van der Waals surface area contributed by atoms with Crippen LogP contribution in [0.25, 0.3) is 10.9 Å². The predicted molar refractivity (Wildman–Crippen MR) is 161 cm³/mol. The minimum Gasteiger partial charge on any atom is -0.481 e. The van der Waals surface area contributed by atoms with Crippen LogP contribution in [-0.4, -0.2) is 103 Å². The minimum atomic E-state index is -4.56. The van der Waals surface area contributed by atoms with E-state index in [1.54, 1.807) is 4.90 Å². The summed E-state index contributed by atoms with van der Waals surface area (Å²) >= 11 is 3.44. The molecule has 0 bridgehead atoms. The summed E-state index contributed by atoms with van der Waals surface area (Å²) in [5.74, 6) is 0.455. The number of halogens is 5. The van der Waals surface area contributed by atoms with Gasteiger partial charge in [-0.05, 0) is 74.6 Å². The highest BCUT2D eigenvalue weighted by Crippen LogP contribution is 2.45. The Bertz CT molecular complexity index is 1370. The van der Waals surface area contributed by atoms with Crippen LogP contribution in [0.4, 0.5) is 28.2 Å². The lowest BCUT2D eigenvalue weighted by atomic mass is 9.72. The van der Waals surface area contributed by atoms with E-state index in [4.69, 9.17) is 19.2 Å². The summed E-state index contributed by atoms with van der Waals surface area (Å²) in [6.45, 7) is 9.16. The molecule has 1 aromatic heterocycles. The number of anilines is 1. The number of carbonyl (C=O) groups excluding carboxylic acids is 1. The summed E-state index contributed by atoms with van der Waals surface area (Å²) in [6.07, 6.45) is -4.42. The van der Waals surface area contributed by atoms with E-state index in [9.17, 15) is 22.4 Å². The number of ether oxygens (including phenoxy) is 3. The van der Waals surface area contributed by atoms with Crippen molar-refractivity contribution in [3.63, 3.8) is 0 Å². The number of likely N-dealkylation sites (tertiary alicyclic amines) is 2. The van der Waals surface area contributed by atoms with Crippen LogP contribution in [-0.2, 0) is 11.2 Å². The van der Waals surface area contributed by atoms with Gasteiger partial charge < -0.3 is 28.9 Å². The van der Waals surface area contributed by atoms with Gasteiger partial charge in [0, 0.05) is 56.5 Å². The van der Waals surface area contributed by atoms with Crippen LogP contribution >= 0.6 is 15.9 Å². The van der Waals surface area contributed by atoms with E-state index in [-0.39, 0.29) is 35.3 Å². The fourth-order valence-corrected chi connectivity index (χ4v) is 6.80. The van der Waals surface area contributed by atoms with Crippen molar-refractivity contribution in [2.45, 2.75) is 77.4 Å². The summed E-state index contributed by atoms with van der Waals surface area (Å²) in [4.78, 5) is 27.4. The number of amides is 1. The smallest absolute Gasteiger partial charge is 0.422 e. The molecule has 4 heterocycles. The summed E-state index contributed by atoms with van der Waals surface area (Å²) in [5, 5.41) is 0.537. The van der Waals surface area contributed by atoms with Crippen molar-refractivity contribution < 1.29 is 36.6 Å². The molecule has 0 aliphatic carbocycles. The number of benzene rings is 1. The normalized spacial score (nSPS) is 22.7. The van der Waals surface area contributed by atoms with Gasteiger partial charge in [0.25, 0.3) is 0 Å². The molecule has 3 saturated heterocycles. The van der Waals surface area contributed by atoms with Crippen LogP contribution in [0.5, 0.6) is 11.8 Å². The van der Waals surface area contributed by atoms with Gasteiger partial charge in [0.1, 0.15) is 29.2 Å². The Hall–Kier alpha value is -2.61. The zero-order chi connectivity index (χ0) is 32.0. The molecule has 3 fully saturated rings. The lowest BCUT2D eigenvalue weighted by molar-refractivity contribution is -0.153. The molecule has 1 spiro atoms. The monoisotopic (exact) mass is 689 g/mol. The summed E-state index contributed by atoms with van der Waals surface area (Å²) in [5.41, 5.74) is 0.306. The number of aryl methyl sites for hydroxylation is 1. The number of hydrogen-bond donors (Lipinski definition) is 0. The average Bonchev–Trinajstić information content (AvgIpc) is 2.90. The molecule has 3 aliphatic rings. The Kier molecular flexibility index (Phi) is 9.16. The number of piperidine rings is 2. The first-order valence-electron chi connectivity index (χ1n) is 15.0.